The molecule has 0 heterocycles. The monoisotopic (exact) mass is 177 g/mol. The second-order valence-electron chi connectivity index (χ2n) is 2.86. The molecule has 0 aliphatic heterocycles. The summed E-state index contributed by atoms with van der Waals surface area (Å²) >= 11 is 0. The van der Waals surface area contributed by atoms with Gasteiger partial charge in [-0.1, -0.05) is 12.8 Å². The van der Waals surface area contributed by atoms with E-state index in [-0.39, 0.29) is 0 Å². The minimum atomic E-state index is -0.700. The van der Waals surface area contributed by atoms with Crippen molar-refractivity contribution in [1.82, 2.24) is 0 Å². The van der Waals surface area contributed by atoms with Crippen molar-refractivity contribution in [2.45, 2.75) is 30.9 Å². The highest BCUT2D eigenvalue weighted by molar-refractivity contribution is 7.85. The van der Waals surface area contributed by atoms with E-state index in [1.807, 2.05) is 0 Å². The van der Waals surface area contributed by atoms with Crippen LogP contribution in [0.15, 0.2) is 0 Å². The number of hydrogen-bond donors (Lipinski definition) is 1. The molecule has 0 aromatic carbocycles. The van der Waals surface area contributed by atoms with Crippen LogP contribution < -0.4 is 5.90 Å². The summed E-state index contributed by atoms with van der Waals surface area (Å²) in [6, 6.07) is 0. The van der Waals surface area contributed by atoms with E-state index >= 15 is 0 Å². The van der Waals surface area contributed by atoms with Crippen molar-refractivity contribution >= 4 is 10.8 Å². The molecular weight excluding hydrogens is 162 g/mol. The highest BCUT2D eigenvalue weighted by Gasteiger charge is 2.20. The maximum absolute atomic E-state index is 11.4. The Labute approximate surface area is 69.7 Å². The molecule has 0 aromatic heterocycles. The van der Waals surface area contributed by atoms with Crippen LogP contribution >= 0.6 is 0 Å². The van der Waals surface area contributed by atoms with Gasteiger partial charge in [-0.3, -0.25) is 4.21 Å². The maximum atomic E-state index is 11.4. The normalized spacial score (nSPS) is 22.3. The molecule has 0 aromatic rings. The van der Waals surface area contributed by atoms with Gasteiger partial charge in [-0.25, -0.2) is 5.90 Å². The Morgan fingerprint density at radius 2 is 2.09 bits per heavy atom. The molecule has 1 saturated carbocycles. The molecule has 4 heteroatoms. The first-order chi connectivity index (χ1) is 5.34. The average molecular weight is 177 g/mol. The number of rotatable bonds is 4. The summed E-state index contributed by atoms with van der Waals surface area (Å²) in [5.41, 5.74) is 0. The van der Waals surface area contributed by atoms with Crippen LogP contribution in [0.3, 0.4) is 0 Å². The minimum Gasteiger partial charge on any atom is -0.304 e. The van der Waals surface area contributed by atoms with Gasteiger partial charge in [0.2, 0.25) is 0 Å². The molecule has 3 nitrogen and oxygen atoms in total. The van der Waals surface area contributed by atoms with Crippen LogP contribution in [-0.4, -0.2) is 21.8 Å². The van der Waals surface area contributed by atoms with Gasteiger partial charge >= 0.3 is 0 Å². The van der Waals surface area contributed by atoms with Crippen molar-refractivity contribution in [2.24, 2.45) is 5.90 Å². The van der Waals surface area contributed by atoms with E-state index in [0.29, 0.717) is 17.6 Å². The fourth-order valence-electron chi connectivity index (χ4n) is 1.45. The zero-order valence-corrected chi connectivity index (χ0v) is 7.44. The Hall–Kier alpha value is 0.0700. The molecule has 2 N–H and O–H groups in total. The first-order valence-corrected chi connectivity index (χ1v) is 5.41. The molecule has 66 valence electrons. The minimum absolute atomic E-state index is 0.420. The van der Waals surface area contributed by atoms with Crippen molar-refractivity contribution in [1.29, 1.82) is 0 Å². The highest BCUT2D eigenvalue weighted by atomic mass is 32.2. The second-order valence-corrected chi connectivity index (χ2v) is 4.70. The van der Waals surface area contributed by atoms with E-state index in [0.717, 1.165) is 12.8 Å². The molecule has 0 radical (unpaired) electrons. The van der Waals surface area contributed by atoms with Crippen molar-refractivity contribution in [2.75, 3.05) is 12.4 Å². The van der Waals surface area contributed by atoms with Crippen LogP contribution in [0.4, 0.5) is 0 Å². The van der Waals surface area contributed by atoms with Gasteiger partial charge in [-0.15, -0.1) is 0 Å². The lowest BCUT2D eigenvalue weighted by molar-refractivity contribution is 0.154. The molecular formula is C7H15NO2S. The summed E-state index contributed by atoms with van der Waals surface area (Å²) < 4.78 is 11.4. The van der Waals surface area contributed by atoms with E-state index in [1.165, 1.54) is 12.8 Å². The molecule has 1 aliphatic carbocycles. The predicted octanol–water partition coefficient (Wildman–Crippen LogP) is 0.568. The molecule has 0 spiro atoms. The van der Waals surface area contributed by atoms with Crippen molar-refractivity contribution in [3.8, 4) is 0 Å². The summed E-state index contributed by atoms with van der Waals surface area (Å²) in [7, 11) is -0.700. The fraction of sp³-hybridized carbons (Fsp3) is 1.00. The molecule has 0 bridgehead atoms. The Kier molecular flexibility index (Phi) is 4.04. The van der Waals surface area contributed by atoms with Crippen LogP contribution in [0.5, 0.6) is 0 Å². The number of nitrogens with two attached hydrogens (primary N) is 1. The average Bonchev–Trinajstić information content (AvgIpc) is 2.52. The quantitative estimate of drug-likeness (QED) is 0.639. The number of hydrogen-bond acceptors (Lipinski definition) is 3. The zero-order chi connectivity index (χ0) is 8.10. The summed E-state index contributed by atoms with van der Waals surface area (Å²) in [6.45, 7) is 0.420. The first kappa shape index (κ1) is 9.16. The van der Waals surface area contributed by atoms with E-state index < -0.39 is 10.8 Å². The SMILES string of the molecule is NOCCS(=O)C1CCCC1. The lowest BCUT2D eigenvalue weighted by atomic mass is 10.4. The van der Waals surface area contributed by atoms with Gasteiger partial charge in [0.25, 0.3) is 0 Å². The van der Waals surface area contributed by atoms with E-state index in [9.17, 15) is 4.21 Å². The summed E-state index contributed by atoms with van der Waals surface area (Å²) in [6.07, 6.45) is 4.72. The third-order valence-electron chi connectivity index (χ3n) is 2.08. The Morgan fingerprint density at radius 3 is 2.64 bits per heavy atom. The molecule has 1 unspecified atom stereocenters. The van der Waals surface area contributed by atoms with Crippen LogP contribution in [-0.2, 0) is 15.6 Å². The lowest BCUT2D eigenvalue weighted by Gasteiger charge is -2.07. The van der Waals surface area contributed by atoms with Gasteiger partial charge in [0.05, 0.1) is 6.61 Å². The van der Waals surface area contributed by atoms with Crippen LogP contribution in [0, 0.1) is 0 Å². The Morgan fingerprint density at radius 1 is 1.45 bits per heavy atom. The van der Waals surface area contributed by atoms with Crippen molar-refractivity contribution < 1.29 is 9.05 Å². The predicted molar refractivity (Wildman–Crippen MR) is 45.4 cm³/mol. The van der Waals surface area contributed by atoms with E-state index in [1.54, 1.807) is 0 Å². The van der Waals surface area contributed by atoms with Gasteiger partial charge in [0.1, 0.15) is 0 Å². The van der Waals surface area contributed by atoms with Crippen LogP contribution in [0.2, 0.25) is 0 Å². The standard InChI is InChI=1S/C7H15NO2S/c8-10-5-6-11(9)7-3-1-2-4-7/h7H,1-6,8H2. The Bertz CT molecular complexity index is 134. The topological polar surface area (TPSA) is 52.3 Å². The van der Waals surface area contributed by atoms with Gasteiger partial charge in [-0.05, 0) is 12.8 Å². The van der Waals surface area contributed by atoms with Gasteiger partial charge in [0, 0.05) is 21.8 Å². The molecule has 1 fully saturated rings. The molecule has 1 aliphatic rings. The molecule has 1 rings (SSSR count). The zero-order valence-electron chi connectivity index (χ0n) is 6.62. The fourth-order valence-corrected chi connectivity index (χ4v) is 2.90. The van der Waals surface area contributed by atoms with E-state index in [4.69, 9.17) is 5.90 Å². The van der Waals surface area contributed by atoms with E-state index in [2.05, 4.69) is 4.84 Å². The van der Waals surface area contributed by atoms with Gasteiger partial charge in [0.15, 0.2) is 0 Å². The first-order valence-electron chi connectivity index (χ1n) is 4.03. The smallest absolute Gasteiger partial charge is 0.0794 e. The Balaban J connectivity index is 2.17. The third-order valence-corrected chi connectivity index (χ3v) is 3.86. The summed E-state index contributed by atoms with van der Waals surface area (Å²) in [4.78, 5) is 4.38. The third kappa shape index (κ3) is 2.89. The van der Waals surface area contributed by atoms with Crippen molar-refractivity contribution in [3.63, 3.8) is 0 Å². The largest absolute Gasteiger partial charge is 0.304 e. The highest BCUT2D eigenvalue weighted by Crippen LogP contribution is 2.22. The second kappa shape index (κ2) is 4.85. The summed E-state index contributed by atoms with van der Waals surface area (Å²) in [5, 5.41) is 0.421. The molecule has 11 heavy (non-hydrogen) atoms. The van der Waals surface area contributed by atoms with Crippen LogP contribution in [0.1, 0.15) is 25.7 Å². The maximum Gasteiger partial charge on any atom is 0.0794 e. The van der Waals surface area contributed by atoms with Gasteiger partial charge < -0.3 is 4.84 Å². The lowest BCUT2D eigenvalue weighted by Crippen LogP contribution is -2.18. The van der Waals surface area contributed by atoms with Crippen molar-refractivity contribution in [3.05, 3.63) is 0 Å². The van der Waals surface area contributed by atoms with Gasteiger partial charge in [-0.2, -0.15) is 0 Å². The molecule has 0 saturated heterocycles. The van der Waals surface area contributed by atoms with Crippen LogP contribution in [0.25, 0.3) is 0 Å². The summed E-state index contributed by atoms with van der Waals surface area (Å²) in [5.74, 6) is 5.44. The molecule has 1 atom stereocenters. The molecule has 0 amide bonds.